The van der Waals surface area contributed by atoms with Gasteiger partial charge in [-0.1, -0.05) is 28.5 Å². The van der Waals surface area contributed by atoms with Gasteiger partial charge in [0.05, 0.1) is 0 Å². The molecular formula is C15H14ClN5O3S. The largest absolute Gasteiger partial charge is 0.477 e. The highest BCUT2D eigenvalue weighted by Gasteiger charge is 2.23. The minimum atomic E-state index is -1.12. The average molecular weight is 380 g/mol. The molecule has 2 heterocycles. The van der Waals surface area contributed by atoms with Crippen LogP contribution in [0.1, 0.15) is 16.2 Å². The summed E-state index contributed by atoms with van der Waals surface area (Å²) in [6.45, 7) is 2.30. The van der Waals surface area contributed by atoms with E-state index in [4.69, 9.17) is 16.1 Å². The summed E-state index contributed by atoms with van der Waals surface area (Å²) in [5.41, 5.74) is 0.578. The second-order valence-corrected chi connectivity index (χ2v) is 6.52. The first-order valence-corrected chi connectivity index (χ1v) is 8.65. The summed E-state index contributed by atoms with van der Waals surface area (Å²) >= 11 is 7.30. The van der Waals surface area contributed by atoms with E-state index < -0.39 is 5.97 Å². The Kier molecular flexibility index (Phi) is 5.25. The van der Waals surface area contributed by atoms with Crippen molar-refractivity contribution in [1.82, 2.24) is 20.3 Å². The molecule has 0 aliphatic heterocycles. The zero-order valence-corrected chi connectivity index (χ0v) is 14.7. The lowest BCUT2D eigenvalue weighted by Crippen LogP contribution is -2.09. The van der Waals surface area contributed by atoms with E-state index in [1.165, 1.54) is 11.8 Å². The highest BCUT2D eigenvalue weighted by molar-refractivity contribution is 7.99. The average Bonchev–Trinajstić information content (AvgIpc) is 3.18. The monoisotopic (exact) mass is 379 g/mol. The second kappa shape index (κ2) is 7.58. The van der Waals surface area contributed by atoms with E-state index in [1.807, 2.05) is 6.92 Å². The molecule has 130 valence electrons. The number of hydrogen-bond donors (Lipinski definition) is 3. The molecule has 0 bridgehead atoms. The molecule has 0 saturated heterocycles. The van der Waals surface area contributed by atoms with Crippen LogP contribution in [0.15, 0.2) is 33.9 Å². The third-order valence-corrected chi connectivity index (χ3v) is 4.32. The van der Waals surface area contributed by atoms with Gasteiger partial charge in [0, 0.05) is 22.9 Å². The van der Waals surface area contributed by atoms with Crippen LogP contribution in [0, 0.1) is 6.92 Å². The minimum absolute atomic E-state index is 0.0129. The number of nitrogens with zero attached hydrogens (tertiary/aromatic N) is 3. The van der Waals surface area contributed by atoms with Gasteiger partial charge in [-0.15, -0.1) is 5.10 Å². The zero-order valence-electron chi connectivity index (χ0n) is 13.1. The highest BCUT2D eigenvalue weighted by Crippen LogP contribution is 2.30. The van der Waals surface area contributed by atoms with Crippen molar-refractivity contribution in [1.29, 1.82) is 0 Å². The molecule has 25 heavy (non-hydrogen) atoms. The Morgan fingerprint density at radius 1 is 1.40 bits per heavy atom. The molecule has 0 fully saturated rings. The van der Waals surface area contributed by atoms with Gasteiger partial charge >= 0.3 is 5.97 Å². The van der Waals surface area contributed by atoms with Crippen LogP contribution in [-0.2, 0) is 0 Å². The Labute approximate surface area is 152 Å². The molecule has 3 N–H and O–H groups in total. The van der Waals surface area contributed by atoms with E-state index in [0.717, 1.165) is 5.82 Å². The van der Waals surface area contributed by atoms with Gasteiger partial charge in [-0.2, -0.15) is 0 Å². The number of carboxylic acids is 1. The van der Waals surface area contributed by atoms with Gasteiger partial charge in [-0.25, -0.2) is 9.78 Å². The number of rotatable bonds is 7. The SMILES string of the molecule is Cc1nc(SCCNc2noc(-c3ccc(Cl)cc3)c2C(=O)O)n[nH]1. The van der Waals surface area contributed by atoms with E-state index in [-0.39, 0.29) is 17.1 Å². The molecule has 1 aromatic carbocycles. The number of aromatic carboxylic acids is 1. The number of benzene rings is 1. The van der Waals surface area contributed by atoms with Crippen LogP contribution < -0.4 is 5.32 Å². The summed E-state index contributed by atoms with van der Waals surface area (Å²) in [5.74, 6) is 0.631. The molecule has 2 aromatic heterocycles. The van der Waals surface area contributed by atoms with Crippen LogP contribution >= 0.6 is 23.4 Å². The standard InChI is InChI=1S/C15H14ClN5O3S/c1-8-18-15(20-19-8)25-7-6-17-13-11(14(22)23)12(24-21-13)9-2-4-10(16)5-3-9/h2-5H,6-7H2,1H3,(H,17,21)(H,22,23)(H,18,19,20). The van der Waals surface area contributed by atoms with E-state index in [0.29, 0.717) is 28.0 Å². The van der Waals surface area contributed by atoms with Crippen molar-refractivity contribution in [3.63, 3.8) is 0 Å². The van der Waals surface area contributed by atoms with Crippen molar-refractivity contribution in [2.75, 3.05) is 17.6 Å². The number of anilines is 1. The Morgan fingerprint density at radius 2 is 2.16 bits per heavy atom. The van der Waals surface area contributed by atoms with E-state index in [2.05, 4.69) is 25.7 Å². The summed E-state index contributed by atoms with van der Waals surface area (Å²) < 4.78 is 5.23. The van der Waals surface area contributed by atoms with Crippen molar-refractivity contribution >= 4 is 35.1 Å². The number of thioether (sulfide) groups is 1. The van der Waals surface area contributed by atoms with Crippen LogP contribution in [0.2, 0.25) is 5.02 Å². The van der Waals surface area contributed by atoms with Crippen LogP contribution in [0.4, 0.5) is 5.82 Å². The molecule has 0 amide bonds. The van der Waals surface area contributed by atoms with Gasteiger partial charge in [0.25, 0.3) is 0 Å². The number of nitrogens with one attached hydrogen (secondary N) is 2. The maximum absolute atomic E-state index is 11.6. The number of aromatic amines is 1. The molecule has 3 rings (SSSR count). The van der Waals surface area contributed by atoms with Crippen LogP contribution in [0.25, 0.3) is 11.3 Å². The molecule has 0 atom stereocenters. The molecule has 0 unspecified atom stereocenters. The number of hydrogen-bond acceptors (Lipinski definition) is 7. The van der Waals surface area contributed by atoms with Crippen LogP contribution in [0.3, 0.4) is 0 Å². The van der Waals surface area contributed by atoms with Gasteiger partial charge < -0.3 is 14.9 Å². The number of carboxylic acid groups (broad SMARTS) is 1. The molecule has 3 aromatic rings. The number of aryl methyl sites for hydroxylation is 1. The van der Waals surface area contributed by atoms with Gasteiger partial charge in [0.2, 0.25) is 5.16 Å². The topological polar surface area (TPSA) is 117 Å². The first-order chi connectivity index (χ1) is 12.0. The predicted molar refractivity (Wildman–Crippen MR) is 94.2 cm³/mol. The van der Waals surface area contributed by atoms with Crippen molar-refractivity contribution in [2.45, 2.75) is 12.1 Å². The molecule has 8 nitrogen and oxygen atoms in total. The van der Waals surface area contributed by atoms with E-state index in [9.17, 15) is 9.90 Å². The summed E-state index contributed by atoms with van der Waals surface area (Å²) in [5, 5.41) is 24.3. The number of aromatic nitrogens is 4. The van der Waals surface area contributed by atoms with Gasteiger partial charge in [-0.3, -0.25) is 5.10 Å². The maximum Gasteiger partial charge on any atom is 0.343 e. The molecule has 0 saturated carbocycles. The molecular weight excluding hydrogens is 366 g/mol. The lowest BCUT2D eigenvalue weighted by molar-refractivity contribution is 0.0698. The predicted octanol–water partition coefficient (Wildman–Crippen LogP) is 3.32. The fourth-order valence-electron chi connectivity index (χ4n) is 2.11. The third kappa shape index (κ3) is 4.12. The molecule has 0 spiro atoms. The van der Waals surface area contributed by atoms with Crippen molar-refractivity contribution in [2.24, 2.45) is 0 Å². The first kappa shape index (κ1) is 17.3. The van der Waals surface area contributed by atoms with Crippen molar-refractivity contribution in [3.8, 4) is 11.3 Å². The fraction of sp³-hybridized carbons (Fsp3) is 0.200. The van der Waals surface area contributed by atoms with Crippen LogP contribution in [-0.4, -0.2) is 43.7 Å². The van der Waals surface area contributed by atoms with E-state index >= 15 is 0 Å². The lowest BCUT2D eigenvalue weighted by Gasteiger charge is -2.03. The van der Waals surface area contributed by atoms with Gasteiger partial charge in [0.1, 0.15) is 5.82 Å². The van der Waals surface area contributed by atoms with E-state index in [1.54, 1.807) is 24.3 Å². The Balaban J connectivity index is 1.69. The summed E-state index contributed by atoms with van der Waals surface area (Å²) in [6, 6.07) is 6.68. The molecule has 0 radical (unpaired) electrons. The molecule has 0 aliphatic carbocycles. The summed E-state index contributed by atoms with van der Waals surface area (Å²) in [6.07, 6.45) is 0. The van der Waals surface area contributed by atoms with Crippen LogP contribution in [0.5, 0.6) is 0 Å². The normalized spacial score (nSPS) is 10.8. The highest BCUT2D eigenvalue weighted by atomic mass is 35.5. The zero-order chi connectivity index (χ0) is 17.8. The van der Waals surface area contributed by atoms with Gasteiger partial charge in [0.15, 0.2) is 17.1 Å². The van der Waals surface area contributed by atoms with Crippen molar-refractivity contribution < 1.29 is 14.4 Å². The number of halogens is 1. The van der Waals surface area contributed by atoms with Crippen molar-refractivity contribution in [3.05, 3.63) is 40.7 Å². The smallest absolute Gasteiger partial charge is 0.343 e. The lowest BCUT2D eigenvalue weighted by atomic mass is 10.1. The Morgan fingerprint density at radius 3 is 2.80 bits per heavy atom. The number of carbonyl (C=O) groups is 1. The maximum atomic E-state index is 11.6. The first-order valence-electron chi connectivity index (χ1n) is 7.29. The van der Waals surface area contributed by atoms with Gasteiger partial charge in [-0.05, 0) is 31.2 Å². The minimum Gasteiger partial charge on any atom is -0.477 e. The number of H-pyrrole nitrogens is 1. The summed E-state index contributed by atoms with van der Waals surface area (Å²) in [7, 11) is 0. The fourth-order valence-corrected chi connectivity index (χ4v) is 2.93. The Hall–Kier alpha value is -2.52. The third-order valence-electron chi connectivity index (χ3n) is 3.21. The quantitative estimate of drug-likeness (QED) is 0.422. The molecule has 0 aliphatic rings. The summed E-state index contributed by atoms with van der Waals surface area (Å²) in [4.78, 5) is 15.8. The molecule has 10 heteroatoms. The Bertz CT molecular complexity index is 878. The second-order valence-electron chi connectivity index (χ2n) is 5.03.